The third-order valence-electron chi connectivity index (χ3n) is 11.0. The minimum Gasteiger partial charge on any atom is -0.297 e. The first kappa shape index (κ1) is 20.9. The second kappa shape index (κ2) is 7.71. The normalized spacial score (nSPS) is 45.4. The highest BCUT2D eigenvalue weighted by molar-refractivity contribution is 5.82. The van der Waals surface area contributed by atoms with Crippen molar-refractivity contribution < 1.29 is 4.79 Å². The predicted octanol–water partition coefficient (Wildman–Crippen LogP) is 5.86. The molecule has 5 fully saturated rings. The molecule has 0 aliphatic heterocycles. The van der Waals surface area contributed by atoms with Gasteiger partial charge in [0.25, 0.3) is 0 Å². The van der Waals surface area contributed by atoms with Gasteiger partial charge in [0.15, 0.2) is 5.78 Å². The Labute approximate surface area is 193 Å². The molecule has 2 unspecified atom stereocenters. The molecule has 0 radical (unpaired) electrons. The van der Waals surface area contributed by atoms with E-state index in [9.17, 15) is 4.79 Å². The molecule has 5 aliphatic carbocycles. The first-order valence-corrected chi connectivity index (χ1v) is 13.4. The maximum absolute atomic E-state index is 13.4. The molecule has 0 spiro atoms. The van der Waals surface area contributed by atoms with E-state index in [1.54, 1.807) is 17.1 Å². The van der Waals surface area contributed by atoms with Crippen LogP contribution in [0.5, 0.6) is 0 Å². The van der Waals surface area contributed by atoms with Crippen LogP contribution < -0.4 is 0 Å². The number of aromatic nitrogens is 2. The lowest BCUT2D eigenvalue weighted by Crippen LogP contribution is -2.51. The number of hydrogen-bond acceptors (Lipinski definition) is 3. The van der Waals surface area contributed by atoms with E-state index in [1.807, 2.05) is 0 Å². The lowest BCUT2D eigenvalue weighted by Gasteiger charge is -2.58. The molecule has 0 N–H and O–H groups in total. The van der Waals surface area contributed by atoms with Gasteiger partial charge in [-0.2, -0.15) is 10.4 Å². The van der Waals surface area contributed by atoms with Gasteiger partial charge in [-0.25, -0.2) is 0 Å². The van der Waals surface area contributed by atoms with Crippen LogP contribution >= 0.6 is 0 Å². The molecule has 0 saturated heterocycles. The topological polar surface area (TPSA) is 58.7 Å². The van der Waals surface area contributed by atoms with Crippen molar-refractivity contribution in [2.24, 2.45) is 58.7 Å². The number of fused-ring (bicyclic) bond motifs is 5. The molecule has 1 aromatic rings. The van der Waals surface area contributed by atoms with Gasteiger partial charge >= 0.3 is 0 Å². The van der Waals surface area contributed by atoms with E-state index < -0.39 is 0 Å². The van der Waals surface area contributed by atoms with Crippen LogP contribution in [0.4, 0.5) is 0 Å². The van der Waals surface area contributed by atoms with E-state index in [2.05, 4.69) is 25.0 Å². The zero-order chi connectivity index (χ0) is 22.0. The molecule has 0 amide bonds. The van der Waals surface area contributed by atoms with E-state index in [-0.39, 0.29) is 11.3 Å². The van der Waals surface area contributed by atoms with Crippen molar-refractivity contribution in [3.8, 4) is 6.07 Å². The molecular formula is C28H39N3O. The molecule has 9 atom stereocenters. The van der Waals surface area contributed by atoms with E-state index >= 15 is 0 Å². The van der Waals surface area contributed by atoms with Crippen molar-refractivity contribution in [2.75, 3.05) is 0 Å². The predicted molar refractivity (Wildman–Crippen MR) is 123 cm³/mol. The van der Waals surface area contributed by atoms with Crippen molar-refractivity contribution in [3.63, 3.8) is 0 Å². The van der Waals surface area contributed by atoms with Crippen LogP contribution in [0.3, 0.4) is 0 Å². The van der Waals surface area contributed by atoms with Crippen LogP contribution in [0, 0.1) is 70.0 Å². The molecule has 1 aromatic heterocycles. The van der Waals surface area contributed by atoms with Crippen LogP contribution in [-0.4, -0.2) is 15.6 Å². The van der Waals surface area contributed by atoms with Gasteiger partial charge < -0.3 is 0 Å². The summed E-state index contributed by atoms with van der Waals surface area (Å²) >= 11 is 0. The number of rotatable bonds is 4. The maximum atomic E-state index is 13.4. The Hall–Kier alpha value is -1.63. The standard InChI is InChI=1S/C28H39N3O/c1-17-11-20-5-6-21-22(27(20)23(12-17)19-3-4-19)9-10-28(2)24(21)7-8-25(28)26(32)16-31-15-18(13-29)14-30-31/h14-15,17,19-25,27H,3-12,16H2,1-2H3/t17-,20-,21?,22+,23?,24+,25-,27+,28+/m1/s1. The zero-order valence-electron chi connectivity index (χ0n) is 19.9. The summed E-state index contributed by atoms with van der Waals surface area (Å²) in [4.78, 5) is 13.4. The van der Waals surface area contributed by atoms with Gasteiger partial charge in [0.1, 0.15) is 6.07 Å². The zero-order valence-corrected chi connectivity index (χ0v) is 19.9. The van der Waals surface area contributed by atoms with Crippen molar-refractivity contribution in [1.29, 1.82) is 5.26 Å². The average Bonchev–Trinajstić information content (AvgIpc) is 3.42. The number of Topliss-reactive ketones (excluding diaryl/α,β-unsaturated/α-hetero) is 1. The molecule has 172 valence electrons. The van der Waals surface area contributed by atoms with Gasteiger partial charge in [0.05, 0.1) is 18.3 Å². The number of carbonyl (C=O) groups is 1. The molecule has 4 heteroatoms. The molecular weight excluding hydrogens is 394 g/mol. The number of carbonyl (C=O) groups excluding carboxylic acids is 1. The Morgan fingerprint density at radius 3 is 2.66 bits per heavy atom. The van der Waals surface area contributed by atoms with Gasteiger partial charge in [-0.3, -0.25) is 9.48 Å². The Bertz CT molecular complexity index is 925. The molecule has 0 aromatic carbocycles. The van der Waals surface area contributed by atoms with Crippen molar-refractivity contribution in [1.82, 2.24) is 9.78 Å². The van der Waals surface area contributed by atoms with Crippen LogP contribution in [-0.2, 0) is 11.3 Å². The highest BCUT2D eigenvalue weighted by Gasteiger charge is 2.60. The Morgan fingerprint density at radius 1 is 1.09 bits per heavy atom. The maximum Gasteiger partial charge on any atom is 0.157 e. The largest absolute Gasteiger partial charge is 0.297 e. The summed E-state index contributed by atoms with van der Waals surface area (Å²) in [5.74, 6) is 8.01. The van der Waals surface area contributed by atoms with E-state index in [0.29, 0.717) is 17.9 Å². The molecule has 1 heterocycles. The van der Waals surface area contributed by atoms with Crippen molar-refractivity contribution in [2.45, 2.75) is 84.6 Å². The molecule has 5 aliphatic rings. The van der Waals surface area contributed by atoms with Crippen LogP contribution in [0.25, 0.3) is 0 Å². The van der Waals surface area contributed by atoms with Crippen LogP contribution in [0.1, 0.15) is 83.6 Å². The Balaban J connectivity index is 1.21. The summed E-state index contributed by atoms with van der Waals surface area (Å²) < 4.78 is 1.68. The third-order valence-corrected chi connectivity index (χ3v) is 11.0. The van der Waals surface area contributed by atoms with Gasteiger partial charge in [-0.05, 0) is 117 Å². The highest BCUT2D eigenvalue weighted by atomic mass is 16.1. The van der Waals surface area contributed by atoms with Crippen LogP contribution in [0.2, 0.25) is 0 Å². The summed E-state index contributed by atoms with van der Waals surface area (Å²) in [5.41, 5.74) is 0.713. The van der Waals surface area contributed by atoms with Crippen molar-refractivity contribution >= 4 is 5.78 Å². The Morgan fingerprint density at radius 2 is 1.91 bits per heavy atom. The minimum absolute atomic E-state index is 0.173. The second-order valence-corrected chi connectivity index (χ2v) is 12.6. The summed E-state index contributed by atoms with van der Waals surface area (Å²) in [6, 6.07) is 2.12. The van der Waals surface area contributed by atoms with Gasteiger partial charge in [0, 0.05) is 12.1 Å². The van der Waals surface area contributed by atoms with Gasteiger partial charge in [-0.15, -0.1) is 0 Å². The molecule has 32 heavy (non-hydrogen) atoms. The smallest absolute Gasteiger partial charge is 0.157 e. The van der Waals surface area contributed by atoms with E-state index in [4.69, 9.17) is 5.26 Å². The molecule has 5 saturated carbocycles. The lowest BCUT2D eigenvalue weighted by molar-refractivity contribution is -0.132. The number of ketones is 1. The van der Waals surface area contributed by atoms with Gasteiger partial charge in [-0.1, -0.05) is 13.8 Å². The number of nitrogens with zero attached hydrogens (tertiary/aromatic N) is 3. The molecule has 4 nitrogen and oxygen atoms in total. The van der Waals surface area contributed by atoms with E-state index in [1.165, 1.54) is 57.8 Å². The Kier molecular flexibility index (Phi) is 5.05. The lowest BCUT2D eigenvalue weighted by atomic mass is 9.47. The summed E-state index contributed by atoms with van der Waals surface area (Å²) in [7, 11) is 0. The number of hydrogen-bond donors (Lipinski definition) is 0. The summed E-state index contributed by atoms with van der Waals surface area (Å²) in [6.45, 7) is 5.30. The fourth-order valence-corrected chi connectivity index (χ4v) is 9.67. The molecule has 6 rings (SSSR count). The van der Waals surface area contributed by atoms with Crippen molar-refractivity contribution in [3.05, 3.63) is 18.0 Å². The average molecular weight is 434 g/mol. The quantitative estimate of drug-likeness (QED) is 0.597. The first-order valence-electron chi connectivity index (χ1n) is 13.4. The van der Waals surface area contributed by atoms with Gasteiger partial charge in [0.2, 0.25) is 0 Å². The molecule has 0 bridgehead atoms. The monoisotopic (exact) mass is 433 g/mol. The summed E-state index contributed by atoms with van der Waals surface area (Å²) in [6.07, 6.45) is 17.0. The fraction of sp³-hybridized carbons (Fsp3) is 0.821. The minimum atomic E-state index is 0.173. The highest BCUT2D eigenvalue weighted by Crippen LogP contribution is 2.66. The van der Waals surface area contributed by atoms with Crippen LogP contribution in [0.15, 0.2) is 12.4 Å². The fourth-order valence-electron chi connectivity index (χ4n) is 9.67. The van der Waals surface area contributed by atoms with E-state index in [0.717, 1.165) is 53.8 Å². The first-order chi connectivity index (χ1) is 15.5. The SMILES string of the molecule is C[C@H]1CC(C2CC2)[C@H]2[C@H](CCC3[C@@H]2CC[C@]2(C)[C@@H](C(=O)Cn4cc(C#N)cn4)CC[C@@H]32)C1. The third kappa shape index (κ3) is 3.29. The summed E-state index contributed by atoms with van der Waals surface area (Å²) in [5, 5.41) is 13.3. The number of nitriles is 1. The second-order valence-electron chi connectivity index (χ2n) is 12.6.